The molecule has 28 heavy (non-hydrogen) atoms. The zero-order valence-electron chi connectivity index (χ0n) is 16.1. The Bertz CT molecular complexity index is 1030. The van der Waals surface area contributed by atoms with Crippen molar-refractivity contribution in [2.24, 2.45) is 0 Å². The van der Waals surface area contributed by atoms with Gasteiger partial charge in [-0.2, -0.15) is 0 Å². The summed E-state index contributed by atoms with van der Waals surface area (Å²) in [5.74, 6) is -0.208. The highest BCUT2D eigenvalue weighted by molar-refractivity contribution is 5.86. The molecule has 0 bridgehead atoms. The topological polar surface area (TPSA) is 4.93 Å². The molecule has 4 rings (SSSR count). The monoisotopic (exact) mass is 369 g/mol. The normalized spacial score (nSPS) is 10.9. The van der Waals surface area contributed by atoms with Gasteiger partial charge >= 0.3 is 0 Å². The minimum atomic E-state index is -0.208. The van der Waals surface area contributed by atoms with Crippen LogP contribution >= 0.6 is 0 Å². The third-order valence-corrected chi connectivity index (χ3v) is 5.10. The number of hydrogen-bond acceptors (Lipinski definition) is 0. The molecule has 0 atom stereocenters. The van der Waals surface area contributed by atoms with E-state index < -0.39 is 0 Å². The second-order valence-electron chi connectivity index (χ2n) is 7.04. The first-order chi connectivity index (χ1) is 13.8. The largest absolute Gasteiger partial charge is 0.340 e. The van der Waals surface area contributed by atoms with Gasteiger partial charge in [-0.15, -0.1) is 0 Å². The van der Waals surface area contributed by atoms with Crippen molar-refractivity contribution in [2.45, 2.75) is 26.3 Å². The quantitative estimate of drug-likeness (QED) is 0.333. The maximum Gasteiger partial charge on any atom is 0.123 e. The van der Waals surface area contributed by atoms with Crippen molar-refractivity contribution in [3.05, 3.63) is 96.8 Å². The van der Waals surface area contributed by atoms with Crippen LogP contribution in [0, 0.1) is 5.82 Å². The Kier molecular flexibility index (Phi) is 5.38. The Labute approximate surface area is 166 Å². The van der Waals surface area contributed by atoms with Crippen LogP contribution in [-0.2, 0) is 6.54 Å². The molecule has 0 spiro atoms. The summed E-state index contributed by atoms with van der Waals surface area (Å²) in [5.41, 5.74) is 6.95. The molecule has 0 aliphatic rings. The molecule has 0 saturated carbocycles. The summed E-state index contributed by atoms with van der Waals surface area (Å²) >= 11 is 0. The molecule has 0 unspecified atom stereocenters. The Hall–Kier alpha value is -3.13. The molecule has 0 N–H and O–H groups in total. The zero-order chi connectivity index (χ0) is 19.3. The average Bonchev–Trinajstić information content (AvgIpc) is 3.13. The maximum absolute atomic E-state index is 13.6. The van der Waals surface area contributed by atoms with E-state index in [1.807, 2.05) is 24.3 Å². The molecule has 0 saturated heterocycles. The average molecular weight is 369 g/mol. The van der Waals surface area contributed by atoms with Crippen LogP contribution in [0.3, 0.4) is 0 Å². The Morgan fingerprint density at radius 2 is 1.32 bits per heavy atom. The number of benzene rings is 3. The fourth-order valence-corrected chi connectivity index (χ4v) is 3.70. The minimum absolute atomic E-state index is 0.208. The summed E-state index contributed by atoms with van der Waals surface area (Å²) in [4.78, 5) is 0. The Morgan fingerprint density at radius 1 is 0.714 bits per heavy atom. The lowest BCUT2D eigenvalue weighted by Gasteiger charge is -2.15. The van der Waals surface area contributed by atoms with E-state index in [1.54, 1.807) is 12.1 Å². The molecular formula is C26H24FN. The fourth-order valence-electron chi connectivity index (χ4n) is 3.70. The molecule has 0 aliphatic heterocycles. The summed E-state index contributed by atoms with van der Waals surface area (Å²) in [6, 6.07) is 30.1. The maximum atomic E-state index is 13.6. The lowest BCUT2D eigenvalue weighted by Crippen LogP contribution is -2.03. The summed E-state index contributed by atoms with van der Waals surface area (Å²) in [6.07, 6.45) is 2.22. The second kappa shape index (κ2) is 8.26. The van der Waals surface area contributed by atoms with E-state index in [-0.39, 0.29) is 5.82 Å². The van der Waals surface area contributed by atoms with Gasteiger partial charge in [-0.05, 0) is 53.4 Å². The van der Waals surface area contributed by atoms with Crippen molar-refractivity contribution in [3.8, 4) is 33.6 Å². The van der Waals surface area contributed by atoms with E-state index >= 15 is 0 Å². The van der Waals surface area contributed by atoms with Crippen molar-refractivity contribution in [1.82, 2.24) is 4.57 Å². The minimum Gasteiger partial charge on any atom is -0.340 e. The smallest absolute Gasteiger partial charge is 0.123 e. The molecule has 1 aromatic heterocycles. The third kappa shape index (κ3) is 3.63. The summed E-state index contributed by atoms with van der Waals surface area (Å²) in [6.45, 7) is 3.14. The third-order valence-electron chi connectivity index (χ3n) is 5.10. The van der Waals surface area contributed by atoms with Gasteiger partial charge in [0.05, 0.1) is 5.69 Å². The van der Waals surface area contributed by atoms with Crippen molar-refractivity contribution in [1.29, 1.82) is 0 Å². The number of unbranched alkanes of at least 4 members (excludes halogenated alkanes) is 1. The predicted molar refractivity (Wildman–Crippen MR) is 116 cm³/mol. The molecule has 4 aromatic rings. The van der Waals surface area contributed by atoms with Crippen LogP contribution in [0.1, 0.15) is 19.8 Å². The summed E-state index contributed by atoms with van der Waals surface area (Å²) < 4.78 is 16.0. The van der Waals surface area contributed by atoms with Gasteiger partial charge in [-0.25, -0.2) is 4.39 Å². The first-order valence-electron chi connectivity index (χ1n) is 9.88. The Morgan fingerprint density at radius 3 is 1.93 bits per heavy atom. The standard InChI is InChI=1S/C26H24FN/c1-2-3-18-28-25(21-12-8-5-9-13-21)19-24(20-10-6-4-7-11-20)26(28)22-14-16-23(27)17-15-22/h4-17,19H,2-3,18H2,1H3. The van der Waals surface area contributed by atoms with E-state index in [1.165, 1.54) is 22.4 Å². The van der Waals surface area contributed by atoms with Crippen LogP contribution in [0.4, 0.5) is 4.39 Å². The molecule has 1 nitrogen and oxygen atoms in total. The SMILES string of the molecule is CCCCn1c(-c2ccccc2)cc(-c2ccccc2)c1-c1ccc(F)cc1. The molecule has 2 heteroatoms. The summed E-state index contributed by atoms with van der Waals surface area (Å²) in [5, 5.41) is 0. The zero-order valence-corrected chi connectivity index (χ0v) is 16.1. The number of rotatable bonds is 6. The van der Waals surface area contributed by atoms with E-state index in [4.69, 9.17) is 0 Å². The van der Waals surface area contributed by atoms with Crippen molar-refractivity contribution >= 4 is 0 Å². The molecular weight excluding hydrogens is 345 g/mol. The van der Waals surface area contributed by atoms with Crippen LogP contribution < -0.4 is 0 Å². The first-order valence-corrected chi connectivity index (χ1v) is 9.88. The fraction of sp³-hybridized carbons (Fsp3) is 0.154. The van der Waals surface area contributed by atoms with Gasteiger partial charge in [-0.3, -0.25) is 0 Å². The van der Waals surface area contributed by atoms with Crippen LogP contribution in [0.15, 0.2) is 91.0 Å². The van der Waals surface area contributed by atoms with E-state index in [9.17, 15) is 4.39 Å². The number of aromatic nitrogens is 1. The van der Waals surface area contributed by atoms with Crippen LogP contribution in [0.25, 0.3) is 33.6 Å². The second-order valence-corrected chi connectivity index (χ2v) is 7.04. The molecule has 3 aromatic carbocycles. The molecule has 0 fully saturated rings. The lowest BCUT2D eigenvalue weighted by molar-refractivity contribution is 0.627. The van der Waals surface area contributed by atoms with Gasteiger partial charge in [0.25, 0.3) is 0 Å². The number of nitrogens with zero attached hydrogens (tertiary/aromatic N) is 1. The molecule has 0 amide bonds. The highest BCUT2D eigenvalue weighted by Gasteiger charge is 2.19. The van der Waals surface area contributed by atoms with Crippen molar-refractivity contribution in [3.63, 3.8) is 0 Å². The van der Waals surface area contributed by atoms with Crippen molar-refractivity contribution < 1.29 is 4.39 Å². The van der Waals surface area contributed by atoms with Gasteiger partial charge in [0.2, 0.25) is 0 Å². The van der Waals surface area contributed by atoms with Crippen molar-refractivity contribution in [2.75, 3.05) is 0 Å². The van der Waals surface area contributed by atoms with Gasteiger partial charge in [0.1, 0.15) is 5.82 Å². The van der Waals surface area contributed by atoms with E-state index in [2.05, 4.69) is 66.1 Å². The highest BCUT2D eigenvalue weighted by Crippen LogP contribution is 2.39. The summed E-state index contributed by atoms with van der Waals surface area (Å²) in [7, 11) is 0. The van der Waals surface area contributed by atoms with E-state index in [0.29, 0.717) is 0 Å². The number of hydrogen-bond donors (Lipinski definition) is 0. The molecule has 0 radical (unpaired) electrons. The highest BCUT2D eigenvalue weighted by atomic mass is 19.1. The van der Waals surface area contributed by atoms with Gasteiger partial charge < -0.3 is 4.57 Å². The van der Waals surface area contributed by atoms with Gasteiger partial charge in [-0.1, -0.05) is 74.0 Å². The van der Waals surface area contributed by atoms with Gasteiger partial charge in [0.15, 0.2) is 0 Å². The van der Waals surface area contributed by atoms with Crippen LogP contribution in [0.2, 0.25) is 0 Å². The lowest BCUT2D eigenvalue weighted by atomic mass is 10.0. The molecule has 0 aliphatic carbocycles. The Balaban J connectivity index is 1.99. The van der Waals surface area contributed by atoms with Crippen LogP contribution in [0.5, 0.6) is 0 Å². The predicted octanol–water partition coefficient (Wildman–Crippen LogP) is 7.43. The van der Waals surface area contributed by atoms with E-state index in [0.717, 1.165) is 30.6 Å². The first kappa shape index (κ1) is 18.2. The number of halogens is 1. The molecule has 140 valence electrons. The molecule has 1 heterocycles. The van der Waals surface area contributed by atoms with Crippen LogP contribution in [-0.4, -0.2) is 4.57 Å². The van der Waals surface area contributed by atoms with Gasteiger partial charge in [0, 0.05) is 17.8 Å².